The van der Waals surface area contributed by atoms with E-state index in [2.05, 4.69) is 16.5 Å². The number of para-hydroxylation sites is 1. The molecule has 0 saturated carbocycles. The predicted octanol–water partition coefficient (Wildman–Crippen LogP) is 3.93. The summed E-state index contributed by atoms with van der Waals surface area (Å²) in [6.45, 7) is 1.87. The van der Waals surface area contributed by atoms with E-state index in [0.717, 1.165) is 5.69 Å². The number of phenolic OH excluding ortho intramolecular Hbond substituents is 1. The molecule has 0 aliphatic rings. The van der Waals surface area contributed by atoms with Gasteiger partial charge in [0.25, 0.3) is 0 Å². The minimum atomic E-state index is -0.705. The quantitative estimate of drug-likeness (QED) is 0.509. The van der Waals surface area contributed by atoms with Gasteiger partial charge < -0.3 is 10.4 Å². The number of nitro benzene ring substituents is 1. The molecule has 136 valence electrons. The van der Waals surface area contributed by atoms with Gasteiger partial charge in [-0.3, -0.25) is 10.1 Å². The molecule has 3 rings (SSSR count). The Morgan fingerprint density at radius 3 is 2.70 bits per heavy atom. The maximum atomic E-state index is 11.1. The fourth-order valence-corrected chi connectivity index (χ4v) is 2.88. The van der Waals surface area contributed by atoms with Crippen molar-refractivity contribution in [3.63, 3.8) is 0 Å². The van der Waals surface area contributed by atoms with Gasteiger partial charge in [0.1, 0.15) is 17.5 Å². The molecule has 0 amide bonds. The Labute approximate surface area is 159 Å². The SMILES string of the molecule is Cc1nn(-c2ccccc2)c(NCc2cc(Cl)c(O)c([N+](=O)[O-])c2)c1C#N. The molecule has 1 heterocycles. The first kappa shape index (κ1) is 18.2. The summed E-state index contributed by atoms with van der Waals surface area (Å²) in [6, 6.07) is 14.1. The second-order valence-electron chi connectivity index (χ2n) is 5.72. The van der Waals surface area contributed by atoms with Gasteiger partial charge in [-0.2, -0.15) is 10.4 Å². The summed E-state index contributed by atoms with van der Waals surface area (Å²) in [4.78, 5) is 10.3. The summed E-state index contributed by atoms with van der Waals surface area (Å²) in [5.41, 5.74) is 1.69. The van der Waals surface area contributed by atoms with Gasteiger partial charge >= 0.3 is 5.69 Å². The van der Waals surface area contributed by atoms with Crippen molar-refractivity contribution < 1.29 is 10.0 Å². The van der Waals surface area contributed by atoms with Gasteiger partial charge in [0.15, 0.2) is 0 Å². The lowest BCUT2D eigenvalue weighted by atomic mass is 10.1. The molecule has 0 bridgehead atoms. The number of aromatic nitrogens is 2. The molecule has 0 spiro atoms. The lowest BCUT2D eigenvalue weighted by Gasteiger charge is -2.11. The minimum absolute atomic E-state index is 0.116. The average molecular weight is 384 g/mol. The number of nitrogens with zero attached hydrogens (tertiary/aromatic N) is 4. The first-order chi connectivity index (χ1) is 12.9. The van der Waals surface area contributed by atoms with Crippen LogP contribution in [0.1, 0.15) is 16.8 Å². The Kier molecular flexibility index (Phi) is 4.96. The zero-order chi connectivity index (χ0) is 19.6. The minimum Gasteiger partial charge on any atom is -0.501 e. The van der Waals surface area contributed by atoms with E-state index in [0.29, 0.717) is 22.6 Å². The van der Waals surface area contributed by atoms with Crippen LogP contribution in [0.2, 0.25) is 5.02 Å². The van der Waals surface area contributed by atoms with Gasteiger partial charge in [0, 0.05) is 12.6 Å². The zero-order valence-corrected chi connectivity index (χ0v) is 14.9. The van der Waals surface area contributed by atoms with Crippen LogP contribution in [0.4, 0.5) is 11.5 Å². The molecule has 0 radical (unpaired) electrons. The van der Waals surface area contributed by atoms with Crippen molar-refractivity contribution in [1.29, 1.82) is 5.26 Å². The Bertz CT molecular complexity index is 1060. The van der Waals surface area contributed by atoms with Crippen LogP contribution >= 0.6 is 11.6 Å². The molecular formula is C18H14ClN5O3. The van der Waals surface area contributed by atoms with Crippen LogP contribution in [0, 0.1) is 28.4 Å². The molecule has 27 heavy (non-hydrogen) atoms. The number of aromatic hydroxyl groups is 1. The summed E-state index contributed by atoms with van der Waals surface area (Å²) in [5.74, 6) is -0.110. The van der Waals surface area contributed by atoms with E-state index in [1.165, 1.54) is 12.1 Å². The van der Waals surface area contributed by atoms with Crippen LogP contribution in [0.25, 0.3) is 5.69 Å². The smallest absolute Gasteiger partial charge is 0.312 e. The summed E-state index contributed by atoms with van der Waals surface area (Å²) >= 11 is 5.88. The third-order valence-electron chi connectivity index (χ3n) is 3.93. The predicted molar refractivity (Wildman–Crippen MR) is 100 cm³/mol. The number of nitriles is 1. The Morgan fingerprint density at radius 1 is 1.37 bits per heavy atom. The van der Waals surface area contributed by atoms with Crippen LogP contribution < -0.4 is 5.32 Å². The summed E-state index contributed by atoms with van der Waals surface area (Å²) in [6.07, 6.45) is 0. The molecule has 0 atom stereocenters. The Morgan fingerprint density at radius 2 is 2.07 bits per heavy atom. The van der Waals surface area contributed by atoms with Crippen LogP contribution in [-0.4, -0.2) is 19.8 Å². The molecule has 8 nitrogen and oxygen atoms in total. The lowest BCUT2D eigenvalue weighted by molar-refractivity contribution is -0.385. The second kappa shape index (κ2) is 7.35. The van der Waals surface area contributed by atoms with E-state index in [9.17, 15) is 20.5 Å². The van der Waals surface area contributed by atoms with Crippen LogP contribution in [0.15, 0.2) is 42.5 Å². The first-order valence-corrected chi connectivity index (χ1v) is 8.25. The maximum Gasteiger partial charge on any atom is 0.312 e. The number of aryl methyl sites for hydroxylation is 1. The molecule has 0 aliphatic carbocycles. The number of hydrogen-bond acceptors (Lipinski definition) is 6. The molecule has 0 aliphatic heterocycles. The summed E-state index contributed by atoms with van der Waals surface area (Å²) in [7, 11) is 0. The standard InChI is InChI=1S/C18H14ClN5O3/c1-11-14(9-20)18(23(22-11)13-5-3-2-4-6-13)21-10-12-7-15(19)17(25)16(8-12)24(26)27/h2-8,21,25H,10H2,1H3. The van der Waals surface area contributed by atoms with E-state index in [1.54, 1.807) is 11.6 Å². The third kappa shape index (κ3) is 3.54. The number of phenols is 1. The molecule has 3 aromatic rings. The highest BCUT2D eigenvalue weighted by molar-refractivity contribution is 6.32. The topological polar surface area (TPSA) is 117 Å². The van der Waals surface area contributed by atoms with Gasteiger partial charge in [-0.15, -0.1) is 0 Å². The van der Waals surface area contributed by atoms with Gasteiger partial charge in [-0.05, 0) is 30.7 Å². The largest absolute Gasteiger partial charge is 0.501 e. The number of halogens is 1. The number of benzene rings is 2. The third-order valence-corrected chi connectivity index (χ3v) is 4.22. The highest BCUT2D eigenvalue weighted by Crippen LogP contribution is 2.35. The Hall–Kier alpha value is -3.57. The number of nitrogens with one attached hydrogen (secondary N) is 1. The van der Waals surface area contributed by atoms with Gasteiger partial charge in [-0.1, -0.05) is 29.8 Å². The lowest BCUT2D eigenvalue weighted by Crippen LogP contribution is -2.08. The van der Waals surface area contributed by atoms with Gasteiger partial charge in [0.2, 0.25) is 5.75 Å². The normalized spacial score (nSPS) is 10.4. The van der Waals surface area contributed by atoms with E-state index in [4.69, 9.17) is 11.6 Å². The summed E-state index contributed by atoms with van der Waals surface area (Å²) in [5, 5.41) is 37.6. The van der Waals surface area contributed by atoms with Crippen molar-refractivity contribution in [3.05, 3.63) is 74.4 Å². The number of hydrogen-bond donors (Lipinski definition) is 2. The molecule has 9 heteroatoms. The van der Waals surface area contributed by atoms with E-state index < -0.39 is 16.4 Å². The molecule has 2 N–H and O–H groups in total. The van der Waals surface area contributed by atoms with Crippen molar-refractivity contribution in [2.75, 3.05) is 5.32 Å². The van der Waals surface area contributed by atoms with Crippen LogP contribution in [0.3, 0.4) is 0 Å². The highest BCUT2D eigenvalue weighted by Gasteiger charge is 2.20. The molecule has 2 aromatic carbocycles. The average Bonchev–Trinajstić information content (AvgIpc) is 2.98. The zero-order valence-electron chi connectivity index (χ0n) is 14.2. The molecular weight excluding hydrogens is 370 g/mol. The molecule has 0 fully saturated rings. The van der Waals surface area contributed by atoms with Crippen molar-refractivity contribution in [2.24, 2.45) is 0 Å². The highest BCUT2D eigenvalue weighted by atomic mass is 35.5. The fourth-order valence-electron chi connectivity index (χ4n) is 2.65. The molecule has 1 aromatic heterocycles. The summed E-state index contributed by atoms with van der Waals surface area (Å²) < 4.78 is 1.60. The van der Waals surface area contributed by atoms with Crippen molar-refractivity contribution in [1.82, 2.24) is 9.78 Å². The Balaban J connectivity index is 1.98. The van der Waals surface area contributed by atoms with Crippen molar-refractivity contribution in [2.45, 2.75) is 13.5 Å². The van der Waals surface area contributed by atoms with E-state index >= 15 is 0 Å². The molecule has 0 saturated heterocycles. The van der Waals surface area contributed by atoms with Gasteiger partial charge in [-0.25, -0.2) is 4.68 Å². The second-order valence-corrected chi connectivity index (χ2v) is 6.13. The molecule has 0 unspecified atom stereocenters. The number of nitro groups is 1. The van der Waals surface area contributed by atoms with Crippen molar-refractivity contribution >= 4 is 23.1 Å². The van der Waals surface area contributed by atoms with Crippen molar-refractivity contribution in [3.8, 4) is 17.5 Å². The monoisotopic (exact) mass is 383 g/mol. The fraction of sp³-hybridized carbons (Fsp3) is 0.111. The van der Waals surface area contributed by atoms with Gasteiger partial charge in [0.05, 0.1) is 21.3 Å². The maximum absolute atomic E-state index is 11.1. The first-order valence-electron chi connectivity index (χ1n) is 7.87. The van der Waals surface area contributed by atoms with E-state index in [-0.39, 0.29) is 11.6 Å². The number of anilines is 1. The van der Waals surface area contributed by atoms with Crippen LogP contribution in [-0.2, 0) is 6.54 Å². The van der Waals surface area contributed by atoms with E-state index in [1.807, 2.05) is 30.3 Å². The van der Waals surface area contributed by atoms with Crippen LogP contribution in [0.5, 0.6) is 5.75 Å². The number of rotatable bonds is 5.